The number of aromatic nitrogens is 1. The maximum atomic E-state index is 14.3. The summed E-state index contributed by atoms with van der Waals surface area (Å²) in [5, 5.41) is -0.853. The average Bonchev–Trinajstić information content (AvgIpc) is 3.04. The van der Waals surface area contributed by atoms with E-state index >= 15 is 0 Å². The van der Waals surface area contributed by atoms with Gasteiger partial charge in [0.15, 0.2) is 0 Å². The standard InChI is InChI=1S/C26H27F7N2O2S/c1-24(2,3)14-35-13-20(23(26(31,32)33)34-38(36,37)17-5-4-6-17)19-9-7-15(11-22(19)35)18-10-8-16(27)12-21(18)25(28,29)30/h7-13,17,23,34H,4-6,14H2,1-3H3/t23-/m0/s1. The molecule has 1 N–H and O–H groups in total. The first-order valence-electron chi connectivity index (χ1n) is 11.9. The highest BCUT2D eigenvalue weighted by atomic mass is 32.2. The van der Waals surface area contributed by atoms with E-state index < -0.39 is 50.5 Å². The Morgan fingerprint density at radius 3 is 2.18 bits per heavy atom. The Labute approximate surface area is 215 Å². The van der Waals surface area contributed by atoms with Gasteiger partial charge in [0.05, 0.1) is 10.8 Å². The Hall–Kier alpha value is -2.60. The van der Waals surface area contributed by atoms with Crippen LogP contribution in [0.5, 0.6) is 0 Å². The molecule has 0 radical (unpaired) electrons. The number of nitrogens with zero attached hydrogens (tertiary/aromatic N) is 1. The summed E-state index contributed by atoms with van der Waals surface area (Å²) in [4.78, 5) is 0. The molecule has 3 aromatic rings. The van der Waals surface area contributed by atoms with Crippen LogP contribution >= 0.6 is 0 Å². The molecule has 38 heavy (non-hydrogen) atoms. The number of sulfonamides is 1. The highest BCUT2D eigenvalue weighted by molar-refractivity contribution is 7.90. The quantitative estimate of drug-likeness (QED) is 0.314. The van der Waals surface area contributed by atoms with Crippen molar-refractivity contribution in [2.24, 2.45) is 5.41 Å². The minimum atomic E-state index is -4.98. The van der Waals surface area contributed by atoms with E-state index in [1.165, 1.54) is 29.0 Å². The van der Waals surface area contributed by atoms with Crippen molar-refractivity contribution in [3.8, 4) is 11.1 Å². The van der Waals surface area contributed by atoms with Crippen LogP contribution in [0.1, 0.15) is 57.2 Å². The van der Waals surface area contributed by atoms with Gasteiger partial charge in [-0.25, -0.2) is 12.8 Å². The molecule has 1 aromatic heterocycles. The van der Waals surface area contributed by atoms with Gasteiger partial charge in [0.25, 0.3) is 0 Å². The molecule has 1 atom stereocenters. The average molecular weight is 565 g/mol. The first kappa shape index (κ1) is 28.4. The molecule has 0 bridgehead atoms. The number of benzene rings is 2. The molecule has 208 valence electrons. The van der Waals surface area contributed by atoms with Crippen LogP contribution in [0.2, 0.25) is 0 Å². The van der Waals surface area contributed by atoms with Crippen LogP contribution in [0.3, 0.4) is 0 Å². The number of rotatable bonds is 6. The molecular weight excluding hydrogens is 537 g/mol. The molecule has 4 nitrogen and oxygen atoms in total. The third kappa shape index (κ3) is 5.85. The third-order valence-electron chi connectivity index (χ3n) is 6.57. The second-order valence-corrected chi connectivity index (χ2v) is 12.9. The summed E-state index contributed by atoms with van der Waals surface area (Å²) in [6.45, 7) is 5.71. The van der Waals surface area contributed by atoms with Gasteiger partial charge < -0.3 is 4.57 Å². The molecule has 4 rings (SSSR count). The predicted molar refractivity (Wildman–Crippen MR) is 130 cm³/mol. The third-order valence-corrected chi connectivity index (χ3v) is 8.48. The first-order chi connectivity index (χ1) is 17.4. The van der Waals surface area contributed by atoms with Gasteiger partial charge in [0.2, 0.25) is 10.0 Å². The van der Waals surface area contributed by atoms with Crippen molar-refractivity contribution in [3.05, 3.63) is 59.5 Å². The largest absolute Gasteiger partial charge is 0.417 e. The fourth-order valence-corrected chi connectivity index (χ4v) is 6.35. The molecule has 0 spiro atoms. The van der Waals surface area contributed by atoms with Crippen LogP contribution in [0.25, 0.3) is 22.0 Å². The highest BCUT2D eigenvalue weighted by Gasteiger charge is 2.46. The Bertz CT molecular complexity index is 1450. The fourth-order valence-electron chi connectivity index (χ4n) is 4.61. The zero-order chi connectivity index (χ0) is 28.3. The van der Waals surface area contributed by atoms with Crippen molar-refractivity contribution >= 4 is 20.9 Å². The van der Waals surface area contributed by atoms with Gasteiger partial charge in [0, 0.05) is 29.2 Å². The van der Waals surface area contributed by atoms with Crippen molar-refractivity contribution in [2.45, 2.75) is 70.2 Å². The Kier molecular flexibility index (Phi) is 7.14. The molecule has 1 aliphatic carbocycles. The Balaban J connectivity index is 1.91. The lowest BCUT2D eigenvalue weighted by Gasteiger charge is -2.29. The van der Waals surface area contributed by atoms with Gasteiger partial charge in [-0.1, -0.05) is 45.4 Å². The SMILES string of the molecule is CC(C)(C)Cn1cc([C@H](NS(=O)(=O)C2CCC2)C(F)(F)F)c2ccc(-c3ccc(F)cc3C(F)(F)F)cc21. The van der Waals surface area contributed by atoms with Crippen molar-refractivity contribution in [1.82, 2.24) is 9.29 Å². The first-order valence-corrected chi connectivity index (χ1v) is 13.5. The monoisotopic (exact) mass is 564 g/mol. The fraction of sp³-hybridized carbons (Fsp3) is 0.462. The van der Waals surface area contributed by atoms with Crippen molar-refractivity contribution in [2.75, 3.05) is 0 Å². The number of halogens is 7. The van der Waals surface area contributed by atoms with E-state index in [0.717, 1.165) is 12.1 Å². The van der Waals surface area contributed by atoms with Crippen molar-refractivity contribution in [3.63, 3.8) is 0 Å². The summed E-state index contributed by atoms with van der Waals surface area (Å²) in [7, 11) is -4.27. The predicted octanol–water partition coefficient (Wildman–Crippen LogP) is 7.59. The van der Waals surface area contributed by atoms with Crippen LogP contribution in [0, 0.1) is 11.2 Å². The Morgan fingerprint density at radius 2 is 1.66 bits per heavy atom. The summed E-state index contributed by atoms with van der Waals surface area (Å²) < 4.78 is 126. The summed E-state index contributed by atoms with van der Waals surface area (Å²) in [5.41, 5.74) is -2.10. The molecule has 0 unspecified atom stereocenters. The smallest absolute Gasteiger partial charge is 0.347 e. The highest BCUT2D eigenvalue weighted by Crippen LogP contribution is 2.42. The summed E-state index contributed by atoms with van der Waals surface area (Å²) in [6, 6.07) is 3.47. The summed E-state index contributed by atoms with van der Waals surface area (Å²) in [6.07, 6.45) is -7.49. The number of alkyl halides is 6. The number of nitrogens with one attached hydrogen (secondary N) is 1. The van der Waals surface area contributed by atoms with E-state index in [2.05, 4.69) is 0 Å². The topological polar surface area (TPSA) is 51.1 Å². The van der Waals surface area contributed by atoms with E-state index in [1.807, 2.05) is 25.5 Å². The van der Waals surface area contributed by atoms with Crippen LogP contribution in [-0.4, -0.2) is 24.4 Å². The van der Waals surface area contributed by atoms with Crippen LogP contribution in [0.15, 0.2) is 42.6 Å². The van der Waals surface area contributed by atoms with E-state index in [1.54, 1.807) is 0 Å². The van der Waals surface area contributed by atoms with Gasteiger partial charge >= 0.3 is 12.4 Å². The van der Waals surface area contributed by atoms with Gasteiger partial charge in [-0.2, -0.15) is 31.1 Å². The maximum absolute atomic E-state index is 14.3. The molecule has 0 amide bonds. The Morgan fingerprint density at radius 1 is 1.00 bits per heavy atom. The number of hydrogen-bond donors (Lipinski definition) is 1. The number of hydrogen-bond acceptors (Lipinski definition) is 2. The van der Waals surface area contributed by atoms with Crippen molar-refractivity contribution < 1.29 is 39.2 Å². The summed E-state index contributed by atoms with van der Waals surface area (Å²) >= 11 is 0. The second-order valence-electron chi connectivity index (χ2n) is 10.9. The van der Waals surface area contributed by atoms with Crippen LogP contribution < -0.4 is 4.72 Å². The van der Waals surface area contributed by atoms with E-state index in [4.69, 9.17) is 0 Å². The lowest BCUT2D eigenvalue weighted by molar-refractivity contribution is -0.152. The summed E-state index contributed by atoms with van der Waals surface area (Å²) in [5.74, 6) is -1.08. The van der Waals surface area contributed by atoms with Crippen molar-refractivity contribution in [1.29, 1.82) is 0 Å². The molecule has 12 heteroatoms. The molecule has 1 saturated carbocycles. The minimum absolute atomic E-state index is 0.0308. The minimum Gasteiger partial charge on any atom is -0.347 e. The number of fused-ring (bicyclic) bond motifs is 1. The molecule has 1 heterocycles. The molecule has 0 saturated heterocycles. The zero-order valence-corrected chi connectivity index (χ0v) is 21.7. The van der Waals surface area contributed by atoms with E-state index in [-0.39, 0.29) is 47.0 Å². The van der Waals surface area contributed by atoms with Gasteiger partial charge in [-0.3, -0.25) is 0 Å². The van der Waals surface area contributed by atoms with E-state index in [0.29, 0.717) is 12.5 Å². The molecule has 1 fully saturated rings. The van der Waals surface area contributed by atoms with Crippen LogP contribution in [0.4, 0.5) is 30.7 Å². The molecule has 2 aromatic carbocycles. The molecular formula is C26H27F7N2O2S. The lowest BCUT2D eigenvalue weighted by Crippen LogP contribution is -2.44. The normalized spacial score (nSPS) is 16.6. The van der Waals surface area contributed by atoms with Crippen LogP contribution in [-0.2, 0) is 22.7 Å². The maximum Gasteiger partial charge on any atom is 0.417 e. The van der Waals surface area contributed by atoms with Gasteiger partial charge in [-0.15, -0.1) is 0 Å². The second kappa shape index (κ2) is 9.55. The lowest BCUT2D eigenvalue weighted by atomic mass is 9.96. The van der Waals surface area contributed by atoms with Gasteiger partial charge in [-0.05, 0) is 47.6 Å². The van der Waals surface area contributed by atoms with E-state index in [9.17, 15) is 39.2 Å². The van der Waals surface area contributed by atoms with Gasteiger partial charge in [0.1, 0.15) is 11.9 Å². The molecule has 0 aliphatic heterocycles. The zero-order valence-electron chi connectivity index (χ0n) is 20.8. The molecule has 1 aliphatic rings.